The highest BCUT2D eigenvalue weighted by atomic mass is 32.2. The molecule has 0 saturated heterocycles. The highest BCUT2D eigenvalue weighted by Crippen LogP contribution is 2.26. The Labute approximate surface area is 181 Å². The number of fused-ring (bicyclic) bond motifs is 2. The van der Waals surface area contributed by atoms with Crippen LogP contribution in [0.2, 0.25) is 0 Å². The van der Waals surface area contributed by atoms with Crippen LogP contribution in [-0.4, -0.2) is 8.42 Å². The summed E-state index contributed by atoms with van der Waals surface area (Å²) in [6.07, 6.45) is 1.34. The molecule has 0 aliphatic heterocycles. The lowest BCUT2D eigenvalue weighted by Crippen LogP contribution is -2.10. The van der Waals surface area contributed by atoms with Gasteiger partial charge in [0.2, 0.25) is 0 Å². The summed E-state index contributed by atoms with van der Waals surface area (Å²) in [6, 6.07) is 20.0. The van der Waals surface area contributed by atoms with Crippen LogP contribution in [0.25, 0.3) is 33.1 Å². The highest BCUT2D eigenvalue weighted by molar-refractivity contribution is 7.87. The van der Waals surface area contributed by atoms with E-state index >= 15 is 0 Å². The molecule has 0 saturated carbocycles. The summed E-state index contributed by atoms with van der Waals surface area (Å²) in [5, 5.41) is 0.740. The van der Waals surface area contributed by atoms with Crippen molar-refractivity contribution in [2.24, 2.45) is 0 Å². The van der Waals surface area contributed by atoms with E-state index in [1.54, 1.807) is 12.1 Å². The van der Waals surface area contributed by atoms with Gasteiger partial charge in [0.05, 0.1) is 10.9 Å². The summed E-state index contributed by atoms with van der Waals surface area (Å²) >= 11 is 0. The average molecular weight is 446 g/mol. The van der Waals surface area contributed by atoms with E-state index in [0.29, 0.717) is 16.3 Å². The quantitative estimate of drug-likeness (QED) is 0.299. The molecule has 3 aromatic carbocycles. The first kappa shape index (κ1) is 19.8. The fraction of sp³-hybridized carbons (Fsp3) is 0. The Morgan fingerprint density at radius 1 is 0.781 bits per heavy atom. The lowest BCUT2D eigenvalue weighted by molar-refractivity contribution is 0.485. The Hall–Kier alpha value is -4.17. The molecule has 0 unspecified atom stereocenters. The topological polar surface area (TPSA) is 104 Å². The summed E-state index contributed by atoms with van der Waals surface area (Å²) in [5.74, 6) is -0.00667. The van der Waals surface area contributed by atoms with E-state index in [1.165, 1.54) is 54.8 Å². The first-order valence-corrected chi connectivity index (χ1v) is 10.9. The molecule has 0 atom stereocenters. The number of benzene rings is 3. The zero-order valence-corrected chi connectivity index (χ0v) is 17.2. The molecule has 2 aromatic heterocycles. The summed E-state index contributed by atoms with van der Waals surface area (Å²) in [6.45, 7) is 0. The third kappa shape index (κ3) is 3.57. The molecule has 158 valence electrons. The van der Waals surface area contributed by atoms with Crippen molar-refractivity contribution in [3.63, 3.8) is 0 Å². The first-order valence-electron chi connectivity index (χ1n) is 9.50. The Kier molecular flexibility index (Phi) is 4.64. The van der Waals surface area contributed by atoms with Gasteiger partial charge in [-0.1, -0.05) is 30.3 Å². The van der Waals surface area contributed by atoms with Crippen LogP contribution in [0.3, 0.4) is 0 Å². The minimum absolute atomic E-state index is 0.00667. The van der Waals surface area contributed by atoms with E-state index in [0.717, 1.165) is 5.56 Å². The standard InChI is InChI=1S/C24H14O7S/c25-23-11-6-16-12-18(8-10-21(16)30-23)32(27,28)31-17-7-9-19-22(13-17)29-14-20(24(19)26)15-4-2-1-3-5-15/h1-14H. The lowest BCUT2D eigenvalue weighted by Gasteiger charge is -2.09. The summed E-state index contributed by atoms with van der Waals surface area (Å²) < 4.78 is 41.3. The molecule has 0 bridgehead atoms. The van der Waals surface area contributed by atoms with E-state index in [-0.39, 0.29) is 27.2 Å². The van der Waals surface area contributed by atoms with Crippen molar-refractivity contribution in [3.05, 3.63) is 106 Å². The summed E-state index contributed by atoms with van der Waals surface area (Å²) in [5.41, 5.74) is 0.821. The predicted octanol–water partition coefficient (Wildman–Crippen LogP) is 4.33. The first-order chi connectivity index (χ1) is 15.4. The summed E-state index contributed by atoms with van der Waals surface area (Å²) in [4.78, 5) is 24.0. The molecule has 32 heavy (non-hydrogen) atoms. The molecule has 0 N–H and O–H groups in total. The van der Waals surface area contributed by atoms with Crippen LogP contribution in [0.15, 0.2) is 108 Å². The Morgan fingerprint density at radius 2 is 1.59 bits per heavy atom. The van der Waals surface area contributed by atoms with Crippen molar-refractivity contribution >= 4 is 32.1 Å². The lowest BCUT2D eigenvalue weighted by atomic mass is 10.1. The number of hydrogen-bond donors (Lipinski definition) is 0. The van der Waals surface area contributed by atoms with Gasteiger partial charge < -0.3 is 13.0 Å². The third-order valence-corrected chi connectivity index (χ3v) is 6.16. The molecule has 0 amide bonds. The molecule has 8 heteroatoms. The van der Waals surface area contributed by atoms with Gasteiger partial charge in [0, 0.05) is 17.5 Å². The second-order valence-corrected chi connectivity index (χ2v) is 8.54. The van der Waals surface area contributed by atoms with Crippen LogP contribution >= 0.6 is 0 Å². The normalized spacial score (nSPS) is 11.6. The Bertz CT molecular complexity index is 1700. The Morgan fingerprint density at radius 3 is 2.41 bits per heavy atom. The van der Waals surface area contributed by atoms with Crippen LogP contribution in [0.4, 0.5) is 0 Å². The molecule has 0 radical (unpaired) electrons. The van der Waals surface area contributed by atoms with Gasteiger partial charge in [-0.3, -0.25) is 4.79 Å². The SMILES string of the molecule is O=c1ccc2cc(S(=O)(=O)Oc3ccc4c(=O)c(-c5ccccc5)coc4c3)ccc2o1. The largest absolute Gasteiger partial charge is 0.463 e. The fourth-order valence-electron chi connectivity index (χ4n) is 3.36. The second-order valence-electron chi connectivity index (χ2n) is 6.99. The molecular weight excluding hydrogens is 432 g/mol. The maximum atomic E-state index is 12.8. The number of rotatable bonds is 4. The molecular formula is C24H14O7S. The van der Waals surface area contributed by atoms with Gasteiger partial charge in [0.25, 0.3) is 0 Å². The van der Waals surface area contributed by atoms with Crippen LogP contribution < -0.4 is 15.2 Å². The summed E-state index contributed by atoms with van der Waals surface area (Å²) in [7, 11) is -4.18. The second kappa shape index (κ2) is 7.51. The van der Waals surface area contributed by atoms with Gasteiger partial charge in [-0.15, -0.1) is 0 Å². The van der Waals surface area contributed by atoms with E-state index < -0.39 is 15.7 Å². The zero-order chi connectivity index (χ0) is 22.3. The van der Waals surface area contributed by atoms with Crippen LogP contribution in [0.1, 0.15) is 0 Å². The molecule has 2 heterocycles. The van der Waals surface area contributed by atoms with Crippen molar-refractivity contribution in [1.29, 1.82) is 0 Å². The molecule has 0 aliphatic rings. The Balaban J connectivity index is 1.50. The van der Waals surface area contributed by atoms with Gasteiger partial charge in [-0.25, -0.2) is 4.79 Å². The smallest absolute Gasteiger partial charge is 0.339 e. The monoisotopic (exact) mass is 446 g/mol. The van der Waals surface area contributed by atoms with Gasteiger partial charge in [-0.05, 0) is 42.0 Å². The van der Waals surface area contributed by atoms with Crippen LogP contribution in [0.5, 0.6) is 5.75 Å². The van der Waals surface area contributed by atoms with E-state index in [9.17, 15) is 18.0 Å². The molecule has 5 rings (SSSR count). The predicted molar refractivity (Wildman–Crippen MR) is 118 cm³/mol. The molecule has 5 aromatic rings. The maximum absolute atomic E-state index is 12.8. The minimum atomic E-state index is -4.18. The van der Waals surface area contributed by atoms with Gasteiger partial charge in [0.1, 0.15) is 28.1 Å². The van der Waals surface area contributed by atoms with Crippen molar-refractivity contribution in [1.82, 2.24) is 0 Å². The van der Waals surface area contributed by atoms with Crippen molar-refractivity contribution in [3.8, 4) is 16.9 Å². The van der Waals surface area contributed by atoms with Gasteiger partial charge in [-0.2, -0.15) is 8.42 Å². The molecule has 7 nitrogen and oxygen atoms in total. The fourth-order valence-corrected chi connectivity index (χ4v) is 4.32. The van der Waals surface area contributed by atoms with Crippen molar-refractivity contribution in [2.75, 3.05) is 0 Å². The zero-order valence-electron chi connectivity index (χ0n) is 16.3. The highest BCUT2D eigenvalue weighted by Gasteiger charge is 2.19. The molecule has 0 aliphatic carbocycles. The van der Waals surface area contributed by atoms with Crippen molar-refractivity contribution < 1.29 is 21.4 Å². The minimum Gasteiger partial charge on any atom is -0.463 e. The van der Waals surface area contributed by atoms with Crippen molar-refractivity contribution in [2.45, 2.75) is 4.90 Å². The number of hydrogen-bond acceptors (Lipinski definition) is 7. The molecule has 0 fully saturated rings. The van der Waals surface area contributed by atoms with E-state index in [1.807, 2.05) is 18.2 Å². The maximum Gasteiger partial charge on any atom is 0.339 e. The van der Waals surface area contributed by atoms with Gasteiger partial charge >= 0.3 is 15.7 Å². The molecule has 0 spiro atoms. The van der Waals surface area contributed by atoms with Crippen LogP contribution in [0, 0.1) is 0 Å². The van der Waals surface area contributed by atoms with E-state index in [2.05, 4.69) is 0 Å². The van der Waals surface area contributed by atoms with E-state index in [4.69, 9.17) is 13.0 Å². The third-order valence-electron chi connectivity index (χ3n) is 4.92. The van der Waals surface area contributed by atoms with Crippen LogP contribution in [-0.2, 0) is 10.1 Å². The van der Waals surface area contributed by atoms with Gasteiger partial charge in [0.15, 0.2) is 5.43 Å². The average Bonchev–Trinajstić information content (AvgIpc) is 2.79.